The molecule has 0 aliphatic carbocycles. The third-order valence-corrected chi connectivity index (χ3v) is 7.60. The number of nitrogens with two attached hydrogens (primary N) is 4. The molecule has 4 heterocycles. The highest BCUT2D eigenvalue weighted by Gasteiger charge is 2.17. The molecule has 234 valence electrons. The van der Waals surface area contributed by atoms with E-state index in [4.69, 9.17) is 55.6 Å². The lowest BCUT2D eigenvalue weighted by molar-refractivity contribution is 0.353. The Hall–Kier alpha value is -5.38. The summed E-state index contributed by atoms with van der Waals surface area (Å²) >= 11 is 13.8. The highest BCUT2D eigenvalue weighted by molar-refractivity contribution is 7.13. The molecular formula is C29H26Cl2N12O2S. The summed E-state index contributed by atoms with van der Waals surface area (Å²) in [5.41, 5.74) is 26.0. The molecule has 14 nitrogen and oxygen atoms in total. The van der Waals surface area contributed by atoms with E-state index in [1.807, 2.05) is 19.1 Å². The van der Waals surface area contributed by atoms with E-state index in [2.05, 4.69) is 51.3 Å². The molecule has 8 N–H and O–H groups in total. The predicted molar refractivity (Wildman–Crippen MR) is 182 cm³/mol. The number of fused-ring (bicyclic) bond motifs is 2. The Morgan fingerprint density at radius 1 is 0.739 bits per heavy atom. The molecule has 46 heavy (non-hydrogen) atoms. The lowest BCUT2D eigenvalue weighted by Gasteiger charge is -2.11. The van der Waals surface area contributed by atoms with Crippen molar-refractivity contribution in [3.05, 3.63) is 69.7 Å². The molecule has 6 aromatic rings. The minimum atomic E-state index is -0.155. The highest BCUT2D eigenvalue weighted by Crippen LogP contribution is 2.35. The number of hydrogen-bond acceptors (Lipinski definition) is 11. The first-order valence-electron chi connectivity index (χ1n) is 13.2. The summed E-state index contributed by atoms with van der Waals surface area (Å²) in [5, 5.41) is 4.78. The van der Waals surface area contributed by atoms with Crippen LogP contribution in [-0.4, -0.2) is 56.0 Å². The van der Waals surface area contributed by atoms with Crippen LogP contribution in [0.4, 0.5) is 11.9 Å². The largest absolute Gasteiger partial charge is 0.480 e. The standard InChI is InChI=1S/C15H14ClN7O2.C14H12ClN5S/c1-24-12-9(6-19-15(22-12)25-2)11-8-5-7(16)3-4-10(8)20-14(21-11)23-13(17)18;1-7-4-11(21-6-7)12-9-5-8(15)2-3-10(9)18-14(19-12)20-13(16)17/h3-6H,1-2H3,(H4,17,18,20,21,23);2-6H,1H3,(H4,16,17,18,19,20). The van der Waals surface area contributed by atoms with E-state index in [0.717, 1.165) is 21.5 Å². The van der Waals surface area contributed by atoms with Gasteiger partial charge in [-0.05, 0) is 60.3 Å². The summed E-state index contributed by atoms with van der Waals surface area (Å²) < 4.78 is 10.4. The summed E-state index contributed by atoms with van der Waals surface area (Å²) in [6, 6.07) is 12.9. The van der Waals surface area contributed by atoms with Crippen molar-refractivity contribution < 1.29 is 9.47 Å². The quantitative estimate of drug-likeness (QED) is 0.137. The highest BCUT2D eigenvalue weighted by atomic mass is 35.5. The van der Waals surface area contributed by atoms with Crippen molar-refractivity contribution in [2.45, 2.75) is 6.92 Å². The van der Waals surface area contributed by atoms with Crippen LogP contribution in [0.5, 0.6) is 11.9 Å². The van der Waals surface area contributed by atoms with Crippen LogP contribution in [0.15, 0.2) is 64.0 Å². The third-order valence-electron chi connectivity index (χ3n) is 6.08. The molecule has 4 aromatic heterocycles. The maximum atomic E-state index is 6.12. The number of methoxy groups -OCH3 is 2. The molecule has 0 saturated heterocycles. The second kappa shape index (κ2) is 13.7. The van der Waals surface area contributed by atoms with Crippen LogP contribution >= 0.6 is 34.5 Å². The first-order chi connectivity index (χ1) is 22.0. The lowest BCUT2D eigenvalue weighted by atomic mass is 10.1. The molecule has 0 amide bonds. The van der Waals surface area contributed by atoms with Gasteiger partial charge in [-0.1, -0.05) is 23.2 Å². The molecule has 0 fully saturated rings. The molecule has 0 aliphatic heterocycles. The van der Waals surface area contributed by atoms with Crippen molar-refractivity contribution in [3.63, 3.8) is 0 Å². The van der Waals surface area contributed by atoms with Crippen LogP contribution in [0.3, 0.4) is 0 Å². The van der Waals surface area contributed by atoms with Crippen LogP contribution in [0.25, 0.3) is 43.6 Å². The second-order valence-corrected chi connectivity index (χ2v) is 11.2. The maximum Gasteiger partial charge on any atom is 0.319 e. The van der Waals surface area contributed by atoms with Crippen LogP contribution in [0.2, 0.25) is 10.0 Å². The Kier molecular flexibility index (Phi) is 9.55. The molecule has 6 rings (SSSR count). The average molecular weight is 678 g/mol. The number of rotatable bonds is 6. The van der Waals surface area contributed by atoms with Gasteiger partial charge in [0.15, 0.2) is 11.9 Å². The van der Waals surface area contributed by atoms with Gasteiger partial charge in [-0.15, -0.1) is 11.3 Å². The van der Waals surface area contributed by atoms with Crippen LogP contribution in [0, 0.1) is 6.92 Å². The Bertz CT molecular complexity index is 2130. The summed E-state index contributed by atoms with van der Waals surface area (Å²) in [4.78, 5) is 34.7. The number of nitrogens with zero attached hydrogens (tertiary/aromatic N) is 8. The van der Waals surface area contributed by atoms with Gasteiger partial charge >= 0.3 is 6.01 Å². The number of benzene rings is 2. The molecule has 0 radical (unpaired) electrons. The van der Waals surface area contributed by atoms with Crippen LogP contribution < -0.4 is 32.4 Å². The van der Waals surface area contributed by atoms with Crippen molar-refractivity contribution in [2.75, 3.05) is 14.2 Å². The molecular weight excluding hydrogens is 651 g/mol. The number of aromatic nitrogens is 6. The SMILES string of the molecule is COc1ncc(-c2nc(N=C(N)N)nc3ccc(Cl)cc23)c(OC)n1.Cc1csc(-c2nc(N=C(N)N)nc3ccc(Cl)cc23)c1. The summed E-state index contributed by atoms with van der Waals surface area (Å²) in [6.45, 7) is 2.04. The maximum absolute atomic E-state index is 6.12. The summed E-state index contributed by atoms with van der Waals surface area (Å²) in [7, 11) is 2.95. The van der Waals surface area contributed by atoms with E-state index in [9.17, 15) is 0 Å². The Balaban J connectivity index is 0.000000184. The van der Waals surface area contributed by atoms with Gasteiger partial charge in [0.1, 0.15) is 0 Å². The number of ether oxygens (including phenoxy) is 2. The average Bonchev–Trinajstić information content (AvgIpc) is 3.46. The molecule has 17 heteroatoms. The van der Waals surface area contributed by atoms with Crippen LogP contribution in [-0.2, 0) is 0 Å². The molecule has 0 saturated carbocycles. The number of thiophene rings is 1. The Morgan fingerprint density at radius 3 is 1.80 bits per heavy atom. The number of halogens is 2. The number of guanidine groups is 2. The van der Waals surface area contributed by atoms with Crippen molar-refractivity contribution in [3.8, 4) is 33.7 Å². The predicted octanol–water partition coefficient (Wildman–Crippen LogP) is 4.89. The topological polar surface area (TPSA) is 225 Å². The number of aryl methyl sites for hydroxylation is 1. The smallest absolute Gasteiger partial charge is 0.319 e. The molecule has 0 aliphatic rings. The molecule has 2 aromatic carbocycles. The fraction of sp³-hybridized carbons (Fsp3) is 0.103. The van der Waals surface area contributed by atoms with Crippen LogP contribution in [0.1, 0.15) is 5.56 Å². The first kappa shape index (κ1) is 32.0. The summed E-state index contributed by atoms with van der Waals surface area (Å²) in [6.07, 6.45) is 1.53. The fourth-order valence-electron chi connectivity index (χ4n) is 4.22. The minimum Gasteiger partial charge on any atom is -0.480 e. The zero-order valence-corrected chi connectivity index (χ0v) is 26.9. The third kappa shape index (κ3) is 7.28. The Labute approximate surface area is 276 Å². The fourth-order valence-corrected chi connectivity index (χ4v) is 5.47. The van der Waals surface area contributed by atoms with Crippen molar-refractivity contribution in [1.29, 1.82) is 0 Å². The monoisotopic (exact) mass is 676 g/mol. The summed E-state index contributed by atoms with van der Waals surface area (Å²) in [5.74, 6) is 0.393. The van der Waals surface area contributed by atoms with E-state index in [-0.39, 0.29) is 35.7 Å². The van der Waals surface area contributed by atoms with Gasteiger partial charge in [0.25, 0.3) is 11.9 Å². The van der Waals surface area contributed by atoms with Crippen molar-refractivity contribution in [2.24, 2.45) is 32.9 Å². The molecule has 0 atom stereocenters. The van der Waals surface area contributed by atoms with E-state index < -0.39 is 0 Å². The van der Waals surface area contributed by atoms with E-state index in [1.54, 1.807) is 35.6 Å². The second-order valence-electron chi connectivity index (χ2n) is 9.41. The van der Waals surface area contributed by atoms with Gasteiger partial charge in [0.2, 0.25) is 5.88 Å². The number of aliphatic imine (C=N–C) groups is 2. The van der Waals surface area contributed by atoms with E-state index >= 15 is 0 Å². The normalized spacial score (nSPS) is 10.6. The van der Waals surface area contributed by atoms with Crippen molar-refractivity contribution >= 4 is 80.2 Å². The van der Waals surface area contributed by atoms with E-state index in [0.29, 0.717) is 32.2 Å². The van der Waals surface area contributed by atoms with Gasteiger partial charge in [-0.2, -0.15) is 15.0 Å². The zero-order chi connectivity index (χ0) is 33.0. The number of hydrogen-bond donors (Lipinski definition) is 4. The molecule has 0 spiro atoms. The van der Waals surface area contributed by atoms with E-state index in [1.165, 1.54) is 26.0 Å². The van der Waals surface area contributed by atoms with Gasteiger partial charge in [-0.3, -0.25) is 0 Å². The van der Waals surface area contributed by atoms with Gasteiger partial charge < -0.3 is 32.4 Å². The van der Waals surface area contributed by atoms with Gasteiger partial charge in [0, 0.05) is 27.0 Å². The molecule has 0 bridgehead atoms. The van der Waals surface area contributed by atoms with Gasteiger partial charge in [-0.25, -0.2) is 24.9 Å². The first-order valence-corrected chi connectivity index (χ1v) is 14.8. The Morgan fingerprint density at radius 2 is 1.30 bits per heavy atom. The molecule has 0 unspecified atom stereocenters. The van der Waals surface area contributed by atoms with Gasteiger partial charge in [0.05, 0.1) is 47.1 Å². The lowest BCUT2D eigenvalue weighted by Crippen LogP contribution is -2.22. The van der Waals surface area contributed by atoms with Crippen molar-refractivity contribution in [1.82, 2.24) is 29.9 Å². The zero-order valence-electron chi connectivity index (χ0n) is 24.6. The minimum absolute atomic E-state index is 0.0726.